The summed E-state index contributed by atoms with van der Waals surface area (Å²) in [5, 5.41) is 6.06. The van der Waals surface area contributed by atoms with Crippen LogP contribution >= 0.6 is 0 Å². The van der Waals surface area contributed by atoms with Crippen LogP contribution in [0.25, 0.3) is 0 Å². The molecule has 2 rings (SSSR count). The highest BCUT2D eigenvalue weighted by molar-refractivity contribution is 5.91. The molecule has 0 aliphatic rings. The lowest BCUT2D eigenvalue weighted by Crippen LogP contribution is -2.16. The van der Waals surface area contributed by atoms with Crippen LogP contribution in [-0.4, -0.2) is 25.5 Å². The van der Waals surface area contributed by atoms with Crippen LogP contribution in [0.3, 0.4) is 0 Å². The molecule has 0 unspecified atom stereocenters. The van der Waals surface area contributed by atoms with Gasteiger partial charge in [-0.3, -0.25) is 4.79 Å². The third kappa shape index (κ3) is 5.12. The largest absolute Gasteiger partial charge is 0.465 e. The fraction of sp³-hybridized carbons (Fsp3) is 0.263. The molecule has 0 saturated carbocycles. The quantitative estimate of drug-likeness (QED) is 0.797. The smallest absolute Gasteiger partial charge is 0.337 e. The minimum absolute atomic E-state index is 0.0429. The molecule has 0 atom stereocenters. The number of anilines is 2. The SMILES string of the molecule is COC(=O)c1ccc(NCCC(=O)Nc2cc(C)cc(C)c2)cc1. The highest BCUT2D eigenvalue weighted by Gasteiger charge is 2.05. The monoisotopic (exact) mass is 326 g/mol. The number of rotatable bonds is 6. The number of benzene rings is 2. The molecule has 0 aliphatic heterocycles. The minimum atomic E-state index is -0.366. The first kappa shape index (κ1) is 17.5. The van der Waals surface area contributed by atoms with Gasteiger partial charge >= 0.3 is 5.97 Å². The van der Waals surface area contributed by atoms with Gasteiger partial charge in [-0.05, 0) is 61.4 Å². The number of esters is 1. The number of hydrogen-bond donors (Lipinski definition) is 2. The average molecular weight is 326 g/mol. The molecular formula is C19H22N2O3. The van der Waals surface area contributed by atoms with Gasteiger partial charge in [0.2, 0.25) is 5.91 Å². The second-order valence-corrected chi connectivity index (χ2v) is 5.67. The van der Waals surface area contributed by atoms with Gasteiger partial charge in [0, 0.05) is 24.3 Å². The molecule has 5 nitrogen and oxygen atoms in total. The topological polar surface area (TPSA) is 67.4 Å². The Hall–Kier alpha value is -2.82. The van der Waals surface area contributed by atoms with E-state index < -0.39 is 0 Å². The van der Waals surface area contributed by atoms with Crippen molar-refractivity contribution in [1.82, 2.24) is 0 Å². The first-order valence-corrected chi connectivity index (χ1v) is 7.78. The molecule has 0 radical (unpaired) electrons. The Labute approximate surface area is 142 Å². The fourth-order valence-electron chi connectivity index (χ4n) is 2.43. The molecular weight excluding hydrogens is 304 g/mol. The van der Waals surface area contributed by atoms with Gasteiger partial charge in [0.15, 0.2) is 0 Å². The van der Waals surface area contributed by atoms with Crippen LogP contribution in [0.1, 0.15) is 27.9 Å². The van der Waals surface area contributed by atoms with Crippen molar-refractivity contribution < 1.29 is 14.3 Å². The molecule has 2 aromatic carbocycles. The number of carbonyl (C=O) groups is 2. The van der Waals surface area contributed by atoms with Gasteiger partial charge in [-0.15, -0.1) is 0 Å². The second kappa shape index (κ2) is 8.15. The Morgan fingerprint density at radius 3 is 2.17 bits per heavy atom. The summed E-state index contributed by atoms with van der Waals surface area (Å²) in [7, 11) is 1.35. The van der Waals surface area contributed by atoms with Gasteiger partial charge in [0.25, 0.3) is 0 Å². The highest BCUT2D eigenvalue weighted by atomic mass is 16.5. The van der Waals surface area contributed by atoms with Crippen molar-refractivity contribution in [2.75, 3.05) is 24.3 Å². The van der Waals surface area contributed by atoms with Gasteiger partial charge in [-0.2, -0.15) is 0 Å². The molecule has 126 valence electrons. The van der Waals surface area contributed by atoms with Crippen molar-refractivity contribution in [1.29, 1.82) is 0 Å². The normalized spacial score (nSPS) is 10.1. The maximum Gasteiger partial charge on any atom is 0.337 e. The van der Waals surface area contributed by atoms with Crippen molar-refractivity contribution in [2.24, 2.45) is 0 Å². The number of hydrogen-bond acceptors (Lipinski definition) is 4. The van der Waals surface area contributed by atoms with Crippen LogP contribution in [0.4, 0.5) is 11.4 Å². The second-order valence-electron chi connectivity index (χ2n) is 5.67. The number of nitrogens with one attached hydrogen (secondary N) is 2. The van der Waals surface area contributed by atoms with Crippen LogP contribution in [0.2, 0.25) is 0 Å². The van der Waals surface area contributed by atoms with Gasteiger partial charge in [-0.25, -0.2) is 4.79 Å². The van der Waals surface area contributed by atoms with E-state index in [9.17, 15) is 9.59 Å². The molecule has 0 aromatic heterocycles. The van der Waals surface area contributed by atoms with Crippen LogP contribution in [-0.2, 0) is 9.53 Å². The molecule has 0 heterocycles. The lowest BCUT2D eigenvalue weighted by molar-refractivity contribution is -0.115. The van der Waals surface area contributed by atoms with Gasteiger partial charge in [0.1, 0.15) is 0 Å². The Morgan fingerprint density at radius 1 is 0.958 bits per heavy atom. The predicted molar refractivity (Wildman–Crippen MR) is 95.4 cm³/mol. The summed E-state index contributed by atoms with van der Waals surface area (Å²) in [4.78, 5) is 23.3. The maximum absolute atomic E-state index is 12.0. The molecule has 2 N–H and O–H groups in total. The Bertz CT molecular complexity index is 704. The third-order valence-electron chi connectivity index (χ3n) is 3.49. The van der Waals surface area contributed by atoms with E-state index in [-0.39, 0.29) is 11.9 Å². The summed E-state index contributed by atoms with van der Waals surface area (Å²) in [5.74, 6) is -0.409. The van der Waals surface area contributed by atoms with E-state index in [0.29, 0.717) is 18.5 Å². The maximum atomic E-state index is 12.0. The molecule has 1 amide bonds. The zero-order valence-electron chi connectivity index (χ0n) is 14.2. The van der Waals surface area contributed by atoms with Gasteiger partial charge < -0.3 is 15.4 Å². The minimum Gasteiger partial charge on any atom is -0.465 e. The standard InChI is InChI=1S/C19H22N2O3/c1-13-10-14(2)12-17(11-13)21-18(22)8-9-20-16-6-4-15(5-7-16)19(23)24-3/h4-7,10-12,20H,8-9H2,1-3H3,(H,21,22). The summed E-state index contributed by atoms with van der Waals surface area (Å²) in [5.41, 5.74) is 4.40. The molecule has 0 spiro atoms. The van der Waals surface area contributed by atoms with E-state index in [1.54, 1.807) is 24.3 Å². The van der Waals surface area contributed by atoms with Crippen LogP contribution in [0.15, 0.2) is 42.5 Å². The summed E-state index contributed by atoms with van der Waals surface area (Å²) in [6, 6.07) is 12.9. The van der Waals surface area contributed by atoms with E-state index in [1.807, 2.05) is 26.0 Å². The Balaban J connectivity index is 1.81. The van der Waals surface area contributed by atoms with Crippen molar-refractivity contribution in [3.8, 4) is 0 Å². The van der Waals surface area contributed by atoms with Crippen molar-refractivity contribution in [2.45, 2.75) is 20.3 Å². The molecule has 0 fully saturated rings. The summed E-state index contributed by atoms with van der Waals surface area (Å²) in [6.07, 6.45) is 0.353. The summed E-state index contributed by atoms with van der Waals surface area (Å²) in [6.45, 7) is 4.51. The number of amides is 1. The first-order chi connectivity index (χ1) is 11.5. The average Bonchev–Trinajstić information content (AvgIpc) is 2.53. The first-order valence-electron chi connectivity index (χ1n) is 7.78. The number of methoxy groups -OCH3 is 1. The molecule has 0 aliphatic carbocycles. The van der Waals surface area contributed by atoms with E-state index >= 15 is 0 Å². The molecule has 0 saturated heterocycles. The van der Waals surface area contributed by atoms with E-state index in [1.165, 1.54) is 7.11 Å². The zero-order chi connectivity index (χ0) is 17.5. The highest BCUT2D eigenvalue weighted by Crippen LogP contribution is 2.14. The molecule has 0 bridgehead atoms. The number of aryl methyl sites for hydroxylation is 2. The number of carbonyl (C=O) groups excluding carboxylic acids is 2. The zero-order valence-corrected chi connectivity index (χ0v) is 14.2. The lowest BCUT2D eigenvalue weighted by Gasteiger charge is -2.09. The molecule has 24 heavy (non-hydrogen) atoms. The van der Waals surface area contributed by atoms with Crippen molar-refractivity contribution in [3.63, 3.8) is 0 Å². The van der Waals surface area contributed by atoms with E-state index in [0.717, 1.165) is 22.5 Å². The third-order valence-corrected chi connectivity index (χ3v) is 3.49. The van der Waals surface area contributed by atoms with Crippen LogP contribution in [0, 0.1) is 13.8 Å². The summed E-state index contributed by atoms with van der Waals surface area (Å²) < 4.78 is 4.65. The summed E-state index contributed by atoms with van der Waals surface area (Å²) >= 11 is 0. The van der Waals surface area contributed by atoms with Gasteiger partial charge in [0.05, 0.1) is 12.7 Å². The van der Waals surface area contributed by atoms with Crippen LogP contribution < -0.4 is 10.6 Å². The number of ether oxygens (including phenoxy) is 1. The predicted octanol–water partition coefficient (Wildman–Crippen LogP) is 3.53. The molecule has 5 heteroatoms. The van der Waals surface area contributed by atoms with Crippen molar-refractivity contribution >= 4 is 23.3 Å². The van der Waals surface area contributed by atoms with Gasteiger partial charge in [-0.1, -0.05) is 6.07 Å². The van der Waals surface area contributed by atoms with Crippen LogP contribution in [0.5, 0.6) is 0 Å². The van der Waals surface area contributed by atoms with E-state index in [4.69, 9.17) is 0 Å². The Kier molecular flexibility index (Phi) is 5.95. The molecule has 2 aromatic rings. The van der Waals surface area contributed by atoms with E-state index in [2.05, 4.69) is 21.4 Å². The van der Waals surface area contributed by atoms with Crippen molar-refractivity contribution in [3.05, 3.63) is 59.2 Å². The fourth-order valence-corrected chi connectivity index (χ4v) is 2.43. The Morgan fingerprint density at radius 2 is 1.58 bits per heavy atom. The lowest BCUT2D eigenvalue weighted by atomic mass is 10.1.